The van der Waals surface area contributed by atoms with Crippen LogP contribution in [0.25, 0.3) is 0 Å². The zero-order valence-electron chi connectivity index (χ0n) is 8.90. The minimum Gasteiger partial charge on any atom is -0.490 e. The molecule has 5 heteroatoms. The normalized spacial score (nSPS) is 10.1. The van der Waals surface area contributed by atoms with Gasteiger partial charge in [0.25, 0.3) is 0 Å². The summed E-state index contributed by atoms with van der Waals surface area (Å²) in [5.41, 5.74) is 0.229. The van der Waals surface area contributed by atoms with Crippen LogP contribution in [0.3, 0.4) is 0 Å². The number of ether oxygens (including phenoxy) is 2. The highest BCUT2D eigenvalue weighted by Gasteiger charge is 2.07. The molecule has 0 aliphatic heterocycles. The van der Waals surface area contributed by atoms with E-state index in [0.717, 1.165) is 3.57 Å². The Balaban J connectivity index is 2.63. The summed E-state index contributed by atoms with van der Waals surface area (Å²) in [6.45, 7) is 3.49. The van der Waals surface area contributed by atoms with Crippen LogP contribution >= 0.6 is 22.6 Å². The van der Waals surface area contributed by atoms with Crippen molar-refractivity contribution in [2.24, 2.45) is 0 Å². The number of halogens is 1. The lowest BCUT2D eigenvalue weighted by atomic mass is 10.2. The van der Waals surface area contributed by atoms with E-state index >= 15 is 0 Å². The van der Waals surface area contributed by atoms with Gasteiger partial charge in [-0.15, -0.1) is 0 Å². The van der Waals surface area contributed by atoms with E-state index in [0.29, 0.717) is 25.6 Å². The van der Waals surface area contributed by atoms with Crippen molar-refractivity contribution in [2.45, 2.75) is 6.92 Å². The molecule has 0 radical (unpaired) electrons. The average Bonchev–Trinajstić information content (AvgIpc) is 2.26. The molecule has 0 aromatic heterocycles. The quantitative estimate of drug-likeness (QED) is 0.640. The molecule has 1 aromatic rings. The lowest BCUT2D eigenvalue weighted by Crippen LogP contribution is -2.08. The summed E-state index contributed by atoms with van der Waals surface area (Å²) in [7, 11) is 0. The molecule has 16 heavy (non-hydrogen) atoms. The Morgan fingerprint density at radius 1 is 1.44 bits per heavy atom. The maximum Gasteiger partial charge on any atom is 0.335 e. The molecule has 0 atom stereocenters. The third-order valence-electron chi connectivity index (χ3n) is 1.87. The second-order valence-electron chi connectivity index (χ2n) is 3.00. The molecule has 0 spiro atoms. The topological polar surface area (TPSA) is 55.8 Å². The average molecular weight is 336 g/mol. The van der Waals surface area contributed by atoms with E-state index in [2.05, 4.69) is 22.6 Å². The molecule has 0 fully saturated rings. The first-order valence-corrected chi connectivity index (χ1v) is 5.96. The molecule has 0 heterocycles. The van der Waals surface area contributed by atoms with Gasteiger partial charge in [0, 0.05) is 6.61 Å². The highest BCUT2D eigenvalue weighted by atomic mass is 127. The van der Waals surface area contributed by atoms with Crippen molar-refractivity contribution in [1.29, 1.82) is 0 Å². The molecular weight excluding hydrogens is 323 g/mol. The minimum absolute atomic E-state index is 0.229. The van der Waals surface area contributed by atoms with Gasteiger partial charge in [0.05, 0.1) is 15.7 Å². The molecule has 1 rings (SSSR count). The number of carboxylic acid groups (broad SMARTS) is 1. The summed E-state index contributed by atoms with van der Waals surface area (Å²) in [6, 6.07) is 4.80. The molecule has 0 aliphatic carbocycles. The Morgan fingerprint density at radius 2 is 2.19 bits per heavy atom. The van der Waals surface area contributed by atoms with E-state index in [1.165, 1.54) is 6.07 Å². The molecule has 0 aliphatic rings. The number of hydrogen-bond acceptors (Lipinski definition) is 3. The van der Waals surface area contributed by atoms with E-state index in [4.69, 9.17) is 14.6 Å². The number of aromatic carboxylic acids is 1. The Morgan fingerprint density at radius 3 is 2.81 bits per heavy atom. The standard InChI is InChI=1S/C11H13IO4/c1-2-15-5-6-16-10-7-8(11(13)14)3-4-9(10)12/h3-4,7H,2,5-6H2,1H3,(H,13,14). The number of carbonyl (C=O) groups is 1. The van der Waals surface area contributed by atoms with Gasteiger partial charge in [-0.25, -0.2) is 4.79 Å². The minimum atomic E-state index is -0.953. The third kappa shape index (κ3) is 3.97. The molecule has 0 amide bonds. The summed E-state index contributed by atoms with van der Waals surface area (Å²) in [6.07, 6.45) is 0. The Bertz CT molecular complexity index is 365. The van der Waals surface area contributed by atoms with Crippen molar-refractivity contribution in [3.8, 4) is 5.75 Å². The molecule has 0 bridgehead atoms. The molecule has 0 saturated heterocycles. The molecule has 0 unspecified atom stereocenters. The van der Waals surface area contributed by atoms with Crippen molar-refractivity contribution in [2.75, 3.05) is 19.8 Å². The van der Waals surface area contributed by atoms with Crippen molar-refractivity contribution in [1.82, 2.24) is 0 Å². The number of hydrogen-bond donors (Lipinski definition) is 1. The maximum absolute atomic E-state index is 10.8. The van der Waals surface area contributed by atoms with Gasteiger partial charge in [-0.05, 0) is 47.7 Å². The number of carboxylic acids is 1. The lowest BCUT2D eigenvalue weighted by molar-refractivity contribution is 0.0696. The van der Waals surface area contributed by atoms with Gasteiger partial charge < -0.3 is 14.6 Å². The predicted molar refractivity (Wildman–Crippen MR) is 68.1 cm³/mol. The molecule has 4 nitrogen and oxygen atoms in total. The van der Waals surface area contributed by atoms with Crippen LogP contribution in [0.1, 0.15) is 17.3 Å². The fraction of sp³-hybridized carbons (Fsp3) is 0.364. The zero-order valence-corrected chi connectivity index (χ0v) is 11.1. The fourth-order valence-electron chi connectivity index (χ4n) is 1.10. The summed E-state index contributed by atoms with van der Waals surface area (Å²) in [5, 5.41) is 8.83. The smallest absolute Gasteiger partial charge is 0.335 e. The van der Waals surface area contributed by atoms with Crippen LogP contribution in [-0.4, -0.2) is 30.9 Å². The first kappa shape index (κ1) is 13.2. The van der Waals surface area contributed by atoms with E-state index in [-0.39, 0.29) is 5.56 Å². The largest absolute Gasteiger partial charge is 0.490 e. The molecule has 88 valence electrons. The van der Waals surface area contributed by atoms with Crippen LogP contribution in [0.15, 0.2) is 18.2 Å². The Hall–Kier alpha value is -0.820. The van der Waals surface area contributed by atoms with Crippen LogP contribution in [0.5, 0.6) is 5.75 Å². The molecule has 1 N–H and O–H groups in total. The predicted octanol–water partition coefficient (Wildman–Crippen LogP) is 2.40. The number of benzene rings is 1. The number of rotatable bonds is 6. The van der Waals surface area contributed by atoms with Crippen LogP contribution in [0, 0.1) is 3.57 Å². The summed E-state index contributed by atoms with van der Waals surface area (Å²) < 4.78 is 11.5. The van der Waals surface area contributed by atoms with Gasteiger partial charge in [0.2, 0.25) is 0 Å². The van der Waals surface area contributed by atoms with Crippen LogP contribution in [0.4, 0.5) is 0 Å². The monoisotopic (exact) mass is 336 g/mol. The van der Waals surface area contributed by atoms with Crippen molar-refractivity contribution < 1.29 is 19.4 Å². The van der Waals surface area contributed by atoms with E-state index in [1.807, 2.05) is 6.92 Å². The maximum atomic E-state index is 10.8. The van der Waals surface area contributed by atoms with Crippen molar-refractivity contribution in [3.63, 3.8) is 0 Å². The van der Waals surface area contributed by atoms with Crippen molar-refractivity contribution >= 4 is 28.6 Å². The second-order valence-corrected chi connectivity index (χ2v) is 4.16. The van der Waals surface area contributed by atoms with Gasteiger partial charge in [0.1, 0.15) is 12.4 Å². The first-order valence-electron chi connectivity index (χ1n) is 4.88. The van der Waals surface area contributed by atoms with Gasteiger partial charge in [-0.1, -0.05) is 0 Å². The van der Waals surface area contributed by atoms with Crippen LogP contribution in [0.2, 0.25) is 0 Å². The SMILES string of the molecule is CCOCCOc1cc(C(=O)O)ccc1I. The van der Waals surface area contributed by atoms with Crippen LogP contribution in [-0.2, 0) is 4.74 Å². The molecule has 1 aromatic carbocycles. The van der Waals surface area contributed by atoms with E-state index in [9.17, 15) is 4.79 Å². The van der Waals surface area contributed by atoms with Gasteiger partial charge in [-0.2, -0.15) is 0 Å². The van der Waals surface area contributed by atoms with Crippen molar-refractivity contribution in [3.05, 3.63) is 27.3 Å². The molecule has 0 saturated carbocycles. The summed E-state index contributed by atoms with van der Waals surface area (Å²) >= 11 is 2.10. The third-order valence-corrected chi connectivity index (χ3v) is 2.76. The Kier molecular flexibility index (Phi) is 5.54. The lowest BCUT2D eigenvalue weighted by Gasteiger charge is -2.08. The zero-order chi connectivity index (χ0) is 12.0. The summed E-state index contributed by atoms with van der Waals surface area (Å²) in [5.74, 6) is -0.369. The van der Waals surface area contributed by atoms with Gasteiger partial charge in [0.15, 0.2) is 0 Å². The second kappa shape index (κ2) is 6.70. The summed E-state index contributed by atoms with van der Waals surface area (Å²) in [4.78, 5) is 10.8. The Labute approximate surface area is 108 Å². The highest BCUT2D eigenvalue weighted by molar-refractivity contribution is 14.1. The van der Waals surface area contributed by atoms with Gasteiger partial charge >= 0.3 is 5.97 Å². The van der Waals surface area contributed by atoms with Crippen LogP contribution < -0.4 is 4.74 Å². The van der Waals surface area contributed by atoms with E-state index < -0.39 is 5.97 Å². The van der Waals surface area contributed by atoms with E-state index in [1.54, 1.807) is 12.1 Å². The molecular formula is C11H13IO4. The fourth-order valence-corrected chi connectivity index (χ4v) is 1.59. The highest BCUT2D eigenvalue weighted by Crippen LogP contribution is 2.22. The van der Waals surface area contributed by atoms with Gasteiger partial charge in [-0.3, -0.25) is 0 Å². The first-order chi connectivity index (χ1) is 7.65.